The molecule has 334 valence electrons. The van der Waals surface area contributed by atoms with Crippen molar-refractivity contribution in [1.82, 2.24) is 15.3 Å². The van der Waals surface area contributed by atoms with Crippen LogP contribution in [0.3, 0.4) is 0 Å². The standard InChI is InChI=1S/C45H67N3O12/c1-6-8-10-20-44(21-11-9-7-2)58-36-34-27-45(42(54)47-22-13-16-33(47)40(52)46-32(29-50)17-18-35(51)57-43(3,4)5)38(41(53)56-34)48(60-39(45)37(36)59-44)28-31-15-12-14-30(26-31)19-24-55-25-23-49/h12,14-15,19,24,26,32-34,36-39,49-50H,6-11,13,16-18,20-23,25,27-29H2,1-5H3,(H,46,52)/t32-,33+,34+,36-,37-,38+,39+,45+/m0/s1. The molecule has 4 heterocycles. The number of nitrogens with one attached hydrogen (secondary N) is 1. The molecule has 1 aromatic rings. The van der Waals surface area contributed by atoms with Gasteiger partial charge in [0.2, 0.25) is 11.8 Å². The molecule has 1 saturated carbocycles. The van der Waals surface area contributed by atoms with Gasteiger partial charge in [-0.2, -0.15) is 5.06 Å². The monoisotopic (exact) mass is 841 g/mol. The minimum absolute atomic E-state index is 0.00107. The molecule has 1 aliphatic carbocycles. The number of unbranched alkanes of at least 4 members (excludes halogenated alkanes) is 4. The molecule has 0 radical (unpaired) electrons. The molecule has 0 spiro atoms. The van der Waals surface area contributed by atoms with Gasteiger partial charge in [0.15, 0.2) is 11.8 Å². The number of nitrogens with zero attached hydrogens (tertiary/aromatic N) is 2. The summed E-state index contributed by atoms with van der Waals surface area (Å²) in [5, 5.41) is 23.7. The summed E-state index contributed by atoms with van der Waals surface area (Å²) in [6.07, 6.45) is 8.65. The summed E-state index contributed by atoms with van der Waals surface area (Å²) in [6, 6.07) is 4.89. The van der Waals surface area contributed by atoms with Crippen LogP contribution >= 0.6 is 0 Å². The molecule has 8 atom stereocenters. The van der Waals surface area contributed by atoms with Gasteiger partial charge in [-0.15, -0.1) is 0 Å². The summed E-state index contributed by atoms with van der Waals surface area (Å²) in [5.41, 5.74) is -0.489. The number of likely N-dealkylation sites (tertiary alicyclic amines) is 1. The first-order chi connectivity index (χ1) is 28.8. The van der Waals surface area contributed by atoms with Crippen LogP contribution in [0.1, 0.15) is 129 Å². The highest BCUT2D eigenvalue weighted by molar-refractivity contribution is 5.96. The SMILES string of the molecule is CCCCCC1(CCCCC)O[C@@H]2[C@H](O1)[C@H]1ON(Cc3cccc(C=COCCO)c3)[C@@H]3C(=O)O[C@@H]2C[C@]13C(=O)N1CCC[C@@H]1C(=O)N[C@H](CO)CCC(=O)OC(C)(C)C. The number of carbonyl (C=O) groups excluding carboxylic acids is 4. The van der Waals surface area contributed by atoms with Gasteiger partial charge in [0.25, 0.3) is 0 Å². The molecule has 6 rings (SSSR count). The number of esters is 2. The second-order valence-electron chi connectivity index (χ2n) is 18.0. The number of carbonyl (C=O) groups is 4. The number of ether oxygens (including phenoxy) is 5. The van der Waals surface area contributed by atoms with Crippen molar-refractivity contribution < 1.29 is 57.9 Å². The van der Waals surface area contributed by atoms with E-state index in [0.717, 1.165) is 49.7 Å². The maximum Gasteiger partial charge on any atom is 0.327 e. The fraction of sp³-hybridized carbons (Fsp3) is 0.733. The first kappa shape index (κ1) is 45.9. The van der Waals surface area contributed by atoms with Crippen LogP contribution in [0.2, 0.25) is 0 Å². The van der Waals surface area contributed by atoms with Crippen LogP contribution in [0.15, 0.2) is 30.5 Å². The number of aliphatic hydroxyl groups is 2. The maximum atomic E-state index is 15.5. The molecule has 0 aromatic heterocycles. The zero-order valence-electron chi connectivity index (χ0n) is 36.1. The molecule has 2 amide bonds. The minimum atomic E-state index is -1.46. The predicted molar refractivity (Wildman–Crippen MR) is 219 cm³/mol. The Morgan fingerprint density at radius 3 is 2.47 bits per heavy atom. The Labute approximate surface area is 354 Å². The van der Waals surface area contributed by atoms with Gasteiger partial charge < -0.3 is 44.1 Å². The molecule has 5 fully saturated rings. The van der Waals surface area contributed by atoms with E-state index in [1.807, 2.05) is 24.3 Å². The van der Waals surface area contributed by atoms with E-state index in [1.165, 1.54) is 6.26 Å². The molecule has 0 unspecified atom stereocenters. The molecule has 15 nitrogen and oxygen atoms in total. The smallest absolute Gasteiger partial charge is 0.327 e. The van der Waals surface area contributed by atoms with E-state index in [-0.39, 0.29) is 51.5 Å². The lowest BCUT2D eigenvalue weighted by atomic mass is 9.62. The van der Waals surface area contributed by atoms with Crippen LogP contribution in [0.5, 0.6) is 0 Å². The van der Waals surface area contributed by atoms with Crippen molar-refractivity contribution in [3.8, 4) is 0 Å². The zero-order valence-corrected chi connectivity index (χ0v) is 36.1. The summed E-state index contributed by atoms with van der Waals surface area (Å²) in [5.74, 6) is -2.76. The van der Waals surface area contributed by atoms with Gasteiger partial charge in [0.1, 0.15) is 48.1 Å². The second kappa shape index (κ2) is 20.1. The first-order valence-corrected chi connectivity index (χ1v) is 22.2. The third-order valence-corrected chi connectivity index (χ3v) is 12.3. The quantitative estimate of drug-likeness (QED) is 0.0882. The molecular weight excluding hydrogens is 775 g/mol. The third kappa shape index (κ3) is 10.2. The molecule has 4 aliphatic heterocycles. The van der Waals surface area contributed by atoms with Crippen molar-refractivity contribution in [2.45, 2.75) is 179 Å². The van der Waals surface area contributed by atoms with Gasteiger partial charge in [-0.05, 0) is 70.1 Å². The van der Waals surface area contributed by atoms with Crippen molar-refractivity contribution in [2.24, 2.45) is 5.41 Å². The van der Waals surface area contributed by atoms with Crippen LogP contribution in [0.4, 0.5) is 0 Å². The molecule has 1 aromatic carbocycles. The fourth-order valence-corrected chi connectivity index (χ4v) is 9.64. The Hall–Kier alpha value is -3.60. The van der Waals surface area contributed by atoms with Gasteiger partial charge in [-0.1, -0.05) is 63.8 Å². The molecule has 3 N–H and O–H groups in total. The molecule has 4 saturated heterocycles. The highest BCUT2D eigenvalue weighted by Gasteiger charge is 2.77. The van der Waals surface area contributed by atoms with Gasteiger partial charge in [-0.25, -0.2) is 0 Å². The zero-order chi connectivity index (χ0) is 43.1. The Bertz CT molecular complexity index is 1670. The van der Waals surface area contributed by atoms with E-state index in [2.05, 4.69) is 19.2 Å². The summed E-state index contributed by atoms with van der Waals surface area (Å²) >= 11 is 0. The Kier molecular flexibility index (Phi) is 15.4. The fourth-order valence-electron chi connectivity index (χ4n) is 9.64. The second-order valence-corrected chi connectivity index (χ2v) is 18.0. The van der Waals surface area contributed by atoms with Crippen molar-refractivity contribution >= 4 is 29.8 Å². The largest absolute Gasteiger partial charge is 0.499 e. The van der Waals surface area contributed by atoms with Crippen LogP contribution in [0.25, 0.3) is 6.08 Å². The minimum Gasteiger partial charge on any atom is -0.499 e. The predicted octanol–water partition coefficient (Wildman–Crippen LogP) is 4.70. The van der Waals surface area contributed by atoms with E-state index in [0.29, 0.717) is 25.7 Å². The summed E-state index contributed by atoms with van der Waals surface area (Å²) < 4.78 is 31.0. The summed E-state index contributed by atoms with van der Waals surface area (Å²) in [7, 11) is 0. The van der Waals surface area contributed by atoms with E-state index in [4.69, 9.17) is 33.6 Å². The normalized spacial score (nSPS) is 28.7. The van der Waals surface area contributed by atoms with Crippen molar-refractivity contribution in [3.63, 3.8) is 0 Å². The number of fused-ring (bicyclic) bond motifs is 4. The van der Waals surface area contributed by atoms with Gasteiger partial charge in [-0.3, -0.25) is 24.0 Å². The van der Waals surface area contributed by atoms with Crippen LogP contribution in [-0.4, -0.2) is 124 Å². The van der Waals surface area contributed by atoms with Crippen LogP contribution < -0.4 is 5.32 Å². The molecule has 5 aliphatic rings. The summed E-state index contributed by atoms with van der Waals surface area (Å²) in [4.78, 5) is 64.9. The van der Waals surface area contributed by atoms with E-state index in [1.54, 1.807) is 36.8 Å². The van der Waals surface area contributed by atoms with Crippen molar-refractivity contribution in [3.05, 3.63) is 41.7 Å². The highest BCUT2D eigenvalue weighted by atomic mass is 16.8. The maximum absolute atomic E-state index is 15.5. The molecule has 2 bridgehead atoms. The molecular formula is C45H67N3O12. The Balaban J connectivity index is 1.30. The molecule has 60 heavy (non-hydrogen) atoms. The number of hydrogen-bond donors (Lipinski definition) is 3. The lowest BCUT2D eigenvalue weighted by Gasteiger charge is -2.50. The first-order valence-electron chi connectivity index (χ1n) is 22.2. The topological polar surface area (TPSA) is 183 Å². The van der Waals surface area contributed by atoms with Crippen LogP contribution in [-0.2, 0) is 54.2 Å². The Morgan fingerprint density at radius 2 is 1.78 bits per heavy atom. The average molecular weight is 842 g/mol. The number of hydroxylamine groups is 2. The van der Waals surface area contributed by atoms with Crippen molar-refractivity contribution in [1.29, 1.82) is 0 Å². The number of amides is 2. The lowest BCUT2D eigenvalue weighted by molar-refractivity contribution is -0.225. The average Bonchev–Trinajstić information content (AvgIpc) is 3.94. The van der Waals surface area contributed by atoms with E-state index >= 15 is 4.79 Å². The highest BCUT2D eigenvalue weighted by Crippen LogP contribution is 2.59. The molecule has 15 heteroatoms. The van der Waals surface area contributed by atoms with E-state index < -0.39 is 83.8 Å². The number of rotatable bonds is 21. The Morgan fingerprint density at radius 1 is 1.05 bits per heavy atom. The number of aliphatic hydroxyl groups excluding tert-OH is 2. The number of hydrogen-bond acceptors (Lipinski definition) is 13. The third-order valence-electron chi connectivity index (χ3n) is 12.3. The van der Waals surface area contributed by atoms with Gasteiger partial charge in [0.05, 0.1) is 32.1 Å². The van der Waals surface area contributed by atoms with Crippen LogP contribution in [0, 0.1) is 5.41 Å². The van der Waals surface area contributed by atoms with Gasteiger partial charge >= 0.3 is 11.9 Å². The van der Waals surface area contributed by atoms with Gasteiger partial charge in [0, 0.05) is 32.2 Å². The number of benzene rings is 1. The van der Waals surface area contributed by atoms with Crippen molar-refractivity contribution in [2.75, 3.05) is 26.4 Å². The van der Waals surface area contributed by atoms with E-state index in [9.17, 15) is 19.5 Å². The lowest BCUT2D eigenvalue weighted by Crippen LogP contribution is -2.70. The summed E-state index contributed by atoms with van der Waals surface area (Å²) in [6.45, 7) is 9.72.